The first-order valence-corrected chi connectivity index (χ1v) is 5.17. The molecule has 0 aliphatic carbocycles. The van der Waals surface area contributed by atoms with Crippen LogP contribution < -0.4 is 14.8 Å². The van der Waals surface area contributed by atoms with Gasteiger partial charge in [0.1, 0.15) is 5.69 Å². The second-order valence-electron chi connectivity index (χ2n) is 3.61. The van der Waals surface area contributed by atoms with Crippen molar-refractivity contribution in [2.45, 2.75) is 0 Å². The molecule has 0 radical (unpaired) electrons. The number of rotatable bonds is 2. The van der Waals surface area contributed by atoms with Crippen LogP contribution in [0.2, 0.25) is 0 Å². The highest BCUT2D eigenvalue weighted by Crippen LogP contribution is 2.34. The lowest BCUT2D eigenvalue weighted by Gasteiger charge is -2.04. The van der Waals surface area contributed by atoms with Crippen LogP contribution in [0.25, 0.3) is 0 Å². The van der Waals surface area contributed by atoms with Crippen molar-refractivity contribution in [3.05, 3.63) is 42.2 Å². The fourth-order valence-corrected chi connectivity index (χ4v) is 1.64. The summed E-state index contributed by atoms with van der Waals surface area (Å²) in [5, 5.41) is 2.77. The summed E-state index contributed by atoms with van der Waals surface area (Å²) in [6.07, 6.45) is 1.70. The van der Waals surface area contributed by atoms with E-state index in [4.69, 9.17) is 9.47 Å². The Labute approximate surface area is 97.4 Å². The van der Waals surface area contributed by atoms with Crippen molar-refractivity contribution in [1.29, 1.82) is 0 Å². The van der Waals surface area contributed by atoms with Crippen LogP contribution in [-0.4, -0.2) is 17.7 Å². The van der Waals surface area contributed by atoms with Crippen LogP contribution in [0.4, 0.5) is 5.69 Å². The Morgan fingerprint density at radius 2 is 2.12 bits per heavy atom. The van der Waals surface area contributed by atoms with E-state index in [1.807, 2.05) is 0 Å². The van der Waals surface area contributed by atoms with E-state index in [9.17, 15) is 4.79 Å². The summed E-state index contributed by atoms with van der Waals surface area (Å²) >= 11 is 0. The Kier molecular flexibility index (Phi) is 2.22. The van der Waals surface area contributed by atoms with E-state index < -0.39 is 0 Å². The summed E-state index contributed by atoms with van der Waals surface area (Å²) in [4.78, 5) is 14.6. The quantitative estimate of drug-likeness (QED) is 0.829. The third-order valence-electron chi connectivity index (χ3n) is 2.47. The Morgan fingerprint density at radius 1 is 1.24 bits per heavy atom. The maximum atomic E-state index is 11.8. The smallest absolute Gasteiger partial charge is 0.272 e. The van der Waals surface area contributed by atoms with E-state index in [-0.39, 0.29) is 12.7 Å². The molecule has 1 aromatic carbocycles. The van der Waals surface area contributed by atoms with Gasteiger partial charge >= 0.3 is 0 Å². The number of amides is 1. The maximum Gasteiger partial charge on any atom is 0.272 e. The Balaban J connectivity index is 1.80. The van der Waals surface area contributed by atoms with Gasteiger partial charge in [0.15, 0.2) is 11.5 Å². The monoisotopic (exact) mass is 230 g/mol. The maximum absolute atomic E-state index is 11.8. The third-order valence-corrected chi connectivity index (χ3v) is 2.47. The molecule has 0 saturated heterocycles. The first kappa shape index (κ1) is 9.77. The number of aromatic nitrogens is 1. The Hall–Kier alpha value is -2.43. The molecule has 0 saturated carbocycles. The first-order valence-electron chi connectivity index (χ1n) is 5.17. The number of carbonyl (C=O) groups is 1. The van der Waals surface area contributed by atoms with Gasteiger partial charge in [-0.3, -0.25) is 4.79 Å². The molecule has 17 heavy (non-hydrogen) atoms. The van der Waals surface area contributed by atoms with E-state index in [1.165, 1.54) is 0 Å². The Bertz CT molecular complexity index is 549. The van der Waals surface area contributed by atoms with Gasteiger partial charge in [-0.25, -0.2) is 0 Å². The number of H-pyrrole nitrogens is 1. The minimum absolute atomic E-state index is 0.186. The molecule has 3 rings (SSSR count). The fraction of sp³-hybridized carbons (Fsp3) is 0.0833. The van der Waals surface area contributed by atoms with Crippen LogP contribution in [0.15, 0.2) is 36.5 Å². The summed E-state index contributed by atoms with van der Waals surface area (Å²) in [7, 11) is 0. The van der Waals surface area contributed by atoms with E-state index in [2.05, 4.69) is 10.3 Å². The molecule has 1 aliphatic heterocycles. The molecule has 2 heterocycles. The highest BCUT2D eigenvalue weighted by Gasteiger charge is 2.14. The topological polar surface area (TPSA) is 63.4 Å². The van der Waals surface area contributed by atoms with Crippen LogP contribution in [0.1, 0.15) is 10.5 Å². The zero-order valence-corrected chi connectivity index (χ0v) is 8.90. The minimum Gasteiger partial charge on any atom is -0.454 e. The normalized spacial score (nSPS) is 12.5. The van der Waals surface area contributed by atoms with Crippen molar-refractivity contribution in [3.8, 4) is 11.5 Å². The molecule has 1 amide bonds. The number of nitrogens with one attached hydrogen (secondary N) is 2. The number of anilines is 1. The van der Waals surface area contributed by atoms with Crippen LogP contribution in [-0.2, 0) is 0 Å². The molecule has 1 aromatic heterocycles. The molecule has 0 atom stereocenters. The zero-order chi connectivity index (χ0) is 11.7. The number of fused-ring (bicyclic) bond motifs is 1. The van der Waals surface area contributed by atoms with Gasteiger partial charge in [-0.15, -0.1) is 0 Å². The van der Waals surface area contributed by atoms with Gasteiger partial charge in [-0.05, 0) is 24.3 Å². The SMILES string of the molecule is O=C(Nc1ccc2c(c1)OCO2)c1ccc[nH]1. The summed E-state index contributed by atoms with van der Waals surface area (Å²) in [5.41, 5.74) is 1.19. The predicted octanol–water partition coefficient (Wildman–Crippen LogP) is 2.00. The highest BCUT2D eigenvalue weighted by atomic mass is 16.7. The third kappa shape index (κ3) is 1.82. The average molecular weight is 230 g/mol. The van der Waals surface area contributed by atoms with Crippen molar-refractivity contribution in [1.82, 2.24) is 4.98 Å². The number of benzene rings is 1. The van der Waals surface area contributed by atoms with Gasteiger partial charge in [0.2, 0.25) is 6.79 Å². The molecule has 5 nitrogen and oxygen atoms in total. The molecular weight excluding hydrogens is 220 g/mol. The molecule has 0 spiro atoms. The molecule has 2 N–H and O–H groups in total. The number of ether oxygens (including phenoxy) is 2. The van der Waals surface area contributed by atoms with E-state index in [0.717, 1.165) is 0 Å². The van der Waals surface area contributed by atoms with Crippen molar-refractivity contribution in [2.24, 2.45) is 0 Å². The number of hydrogen-bond acceptors (Lipinski definition) is 3. The van der Waals surface area contributed by atoms with Gasteiger partial charge in [0.05, 0.1) is 0 Å². The molecule has 1 aliphatic rings. The van der Waals surface area contributed by atoms with Crippen LogP contribution in [0, 0.1) is 0 Å². The van der Waals surface area contributed by atoms with Gasteiger partial charge in [0.25, 0.3) is 5.91 Å². The van der Waals surface area contributed by atoms with E-state index >= 15 is 0 Å². The molecule has 2 aromatic rings. The summed E-state index contributed by atoms with van der Waals surface area (Å²) in [6, 6.07) is 8.76. The van der Waals surface area contributed by atoms with Crippen molar-refractivity contribution < 1.29 is 14.3 Å². The van der Waals surface area contributed by atoms with Crippen molar-refractivity contribution in [2.75, 3.05) is 12.1 Å². The van der Waals surface area contributed by atoms with Gasteiger partial charge < -0.3 is 19.8 Å². The minimum atomic E-state index is -0.186. The van der Waals surface area contributed by atoms with Crippen molar-refractivity contribution in [3.63, 3.8) is 0 Å². The van der Waals surface area contributed by atoms with Crippen molar-refractivity contribution >= 4 is 11.6 Å². The fourth-order valence-electron chi connectivity index (χ4n) is 1.64. The predicted molar refractivity (Wildman–Crippen MR) is 61.3 cm³/mol. The molecular formula is C12H10N2O3. The van der Waals surface area contributed by atoms with Gasteiger partial charge in [0, 0.05) is 18.0 Å². The second-order valence-corrected chi connectivity index (χ2v) is 3.61. The summed E-state index contributed by atoms with van der Waals surface area (Å²) < 4.78 is 10.4. The average Bonchev–Trinajstić information content (AvgIpc) is 2.99. The number of aromatic amines is 1. The summed E-state index contributed by atoms with van der Waals surface area (Å²) in [5.74, 6) is 1.16. The van der Waals surface area contributed by atoms with E-state index in [0.29, 0.717) is 22.9 Å². The van der Waals surface area contributed by atoms with Gasteiger partial charge in [-0.1, -0.05) is 0 Å². The highest BCUT2D eigenvalue weighted by molar-refractivity contribution is 6.03. The zero-order valence-electron chi connectivity index (χ0n) is 8.90. The lowest BCUT2D eigenvalue weighted by Crippen LogP contribution is -2.11. The molecule has 86 valence electrons. The molecule has 0 bridgehead atoms. The first-order chi connectivity index (χ1) is 8.33. The van der Waals surface area contributed by atoms with Gasteiger partial charge in [-0.2, -0.15) is 0 Å². The largest absolute Gasteiger partial charge is 0.454 e. The van der Waals surface area contributed by atoms with Crippen LogP contribution >= 0.6 is 0 Å². The number of carbonyl (C=O) groups excluding carboxylic acids is 1. The van der Waals surface area contributed by atoms with E-state index in [1.54, 1.807) is 36.5 Å². The molecule has 0 fully saturated rings. The lowest BCUT2D eigenvalue weighted by atomic mass is 10.2. The standard InChI is InChI=1S/C12H10N2O3/c15-12(9-2-1-5-13-9)14-8-3-4-10-11(6-8)17-7-16-10/h1-6,13H,7H2,(H,14,15). The second kappa shape index (κ2) is 3.86. The Morgan fingerprint density at radius 3 is 2.94 bits per heavy atom. The van der Waals surface area contributed by atoms with Crippen LogP contribution in [0.3, 0.4) is 0 Å². The summed E-state index contributed by atoms with van der Waals surface area (Å²) in [6.45, 7) is 0.226. The number of hydrogen-bond donors (Lipinski definition) is 2. The molecule has 0 unspecified atom stereocenters. The van der Waals surface area contributed by atoms with Crippen LogP contribution in [0.5, 0.6) is 11.5 Å². The molecule has 5 heteroatoms. The lowest BCUT2D eigenvalue weighted by molar-refractivity contribution is 0.102.